The van der Waals surface area contributed by atoms with Crippen LogP contribution < -0.4 is 10.6 Å². The molecule has 8 heteroatoms. The van der Waals surface area contributed by atoms with Crippen molar-refractivity contribution in [2.75, 3.05) is 44.9 Å². The molecule has 1 heterocycles. The number of hydrogen-bond donors (Lipinski definition) is 2. The lowest BCUT2D eigenvalue weighted by Gasteiger charge is -2.11. The number of carbonyl (C=O) groups excluding carboxylic acids is 2. The van der Waals surface area contributed by atoms with Gasteiger partial charge in [-0.25, -0.2) is 14.8 Å². The van der Waals surface area contributed by atoms with Gasteiger partial charge in [0, 0.05) is 18.3 Å². The maximum absolute atomic E-state index is 12.5. The van der Waals surface area contributed by atoms with E-state index < -0.39 is 5.97 Å². The first-order valence-corrected chi connectivity index (χ1v) is 8.63. The zero-order chi connectivity index (χ0) is 19.8. The molecule has 2 rings (SSSR count). The fourth-order valence-electron chi connectivity index (χ4n) is 2.39. The first-order valence-electron chi connectivity index (χ1n) is 8.63. The zero-order valence-corrected chi connectivity index (χ0v) is 16.1. The zero-order valence-electron chi connectivity index (χ0n) is 16.1. The van der Waals surface area contributed by atoms with E-state index in [0.717, 1.165) is 19.5 Å². The molecule has 8 nitrogen and oxygen atoms in total. The molecule has 1 aromatic carbocycles. The van der Waals surface area contributed by atoms with Crippen LogP contribution in [0.5, 0.6) is 0 Å². The Morgan fingerprint density at radius 1 is 1.15 bits per heavy atom. The minimum Gasteiger partial charge on any atom is -0.465 e. The molecular weight excluding hydrogens is 346 g/mol. The number of anilines is 2. The van der Waals surface area contributed by atoms with Crippen molar-refractivity contribution < 1.29 is 14.3 Å². The normalized spacial score (nSPS) is 10.6. The van der Waals surface area contributed by atoms with Gasteiger partial charge in [-0.15, -0.1) is 0 Å². The molecule has 2 N–H and O–H groups in total. The highest BCUT2D eigenvalue weighted by atomic mass is 16.5. The van der Waals surface area contributed by atoms with Gasteiger partial charge in [0.2, 0.25) is 0 Å². The molecule has 0 unspecified atom stereocenters. The number of nitrogens with zero attached hydrogens (tertiary/aromatic N) is 3. The lowest BCUT2D eigenvalue weighted by Crippen LogP contribution is -2.18. The van der Waals surface area contributed by atoms with Crippen LogP contribution in [-0.2, 0) is 4.74 Å². The van der Waals surface area contributed by atoms with Crippen LogP contribution in [0.3, 0.4) is 0 Å². The third-order valence-electron chi connectivity index (χ3n) is 3.72. The summed E-state index contributed by atoms with van der Waals surface area (Å²) in [5.41, 5.74) is 1.25. The number of benzene rings is 1. The van der Waals surface area contributed by atoms with Gasteiger partial charge in [0.15, 0.2) is 0 Å². The van der Waals surface area contributed by atoms with E-state index in [1.807, 2.05) is 14.1 Å². The molecule has 1 amide bonds. The minimum atomic E-state index is -0.427. The second-order valence-corrected chi connectivity index (χ2v) is 6.29. The number of aryl methyl sites for hydroxylation is 1. The van der Waals surface area contributed by atoms with Crippen LogP contribution >= 0.6 is 0 Å². The molecule has 0 aliphatic carbocycles. The lowest BCUT2D eigenvalue weighted by molar-refractivity contribution is 0.0600. The quantitative estimate of drug-likeness (QED) is 0.542. The van der Waals surface area contributed by atoms with Gasteiger partial charge in [-0.2, -0.15) is 0 Å². The molecule has 144 valence electrons. The van der Waals surface area contributed by atoms with Crippen molar-refractivity contribution in [3.05, 3.63) is 47.4 Å². The summed E-state index contributed by atoms with van der Waals surface area (Å²) in [6, 6.07) is 8.08. The molecule has 0 saturated heterocycles. The summed E-state index contributed by atoms with van der Waals surface area (Å²) in [6.07, 6.45) is 0.962. The number of amides is 1. The molecule has 0 radical (unpaired) electrons. The van der Waals surface area contributed by atoms with Gasteiger partial charge in [-0.3, -0.25) is 4.79 Å². The number of hydrogen-bond acceptors (Lipinski definition) is 7. The summed E-state index contributed by atoms with van der Waals surface area (Å²) in [6.45, 7) is 3.46. The topological polar surface area (TPSA) is 96.4 Å². The second kappa shape index (κ2) is 9.63. The average molecular weight is 371 g/mol. The number of rotatable bonds is 8. The standard InChI is InChI=1S/C19H25N5O3/c1-13-21-16(12-17(22-13)20-10-5-11-24(2)3)18(25)23-15-8-6-14(7-9-15)19(26)27-4/h6-9,12H,5,10-11H2,1-4H3,(H,23,25)(H,20,21,22). The molecular formula is C19H25N5O3. The van der Waals surface area contributed by atoms with E-state index in [2.05, 4.69) is 30.2 Å². The SMILES string of the molecule is COC(=O)c1ccc(NC(=O)c2cc(NCCCN(C)C)nc(C)n2)cc1. The lowest BCUT2D eigenvalue weighted by atomic mass is 10.2. The molecule has 2 aromatic rings. The van der Waals surface area contributed by atoms with E-state index >= 15 is 0 Å². The molecule has 0 aliphatic rings. The maximum Gasteiger partial charge on any atom is 0.337 e. The summed E-state index contributed by atoms with van der Waals surface area (Å²) >= 11 is 0. The molecule has 0 aliphatic heterocycles. The van der Waals surface area contributed by atoms with E-state index in [9.17, 15) is 9.59 Å². The second-order valence-electron chi connectivity index (χ2n) is 6.29. The average Bonchev–Trinajstić information content (AvgIpc) is 2.64. The summed E-state index contributed by atoms with van der Waals surface area (Å²) in [4.78, 5) is 34.6. The van der Waals surface area contributed by atoms with Crippen LogP contribution in [0.2, 0.25) is 0 Å². The van der Waals surface area contributed by atoms with E-state index in [4.69, 9.17) is 0 Å². The fourth-order valence-corrected chi connectivity index (χ4v) is 2.39. The van der Waals surface area contributed by atoms with Gasteiger partial charge in [0.1, 0.15) is 17.3 Å². The predicted molar refractivity (Wildman–Crippen MR) is 104 cm³/mol. The Labute approximate surface area is 159 Å². The first kappa shape index (κ1) is 20.3. The number of nitrogens with one attached hydrogen (secondary N) is 2. The first-order chi connectivity index (χ1) is 12.9. The number of aromatic nitrogens is 2. The minimum absolute atomic E-state index is 0.273. The molecule has 0 spiro atoms. The van der Waals surface area contributed by atoms with E-state index in [1.54, 1.807) is 37.3 Å². The number of carbonyl (C=O) groups is 2. The van der Waals surface area contributed by atoms with Gasteiger partial charge >= 0.3 is 5.97 Å². The third kappa shape index (κ3) is 6.34. The van der Waals surface area contributed by atoms with Crippen LogP contribution in [0.15, 0.2) is 30.3 Å². The Hall–Kier alpha value is -3.00. The smallest absolute Gasteiger partial charge is 0.337 e. The van der Waals surface area contributed by atoms with Crippen LogP contribution in [0, 0.1) is 6.92 Å². The Bertz CT molecular complexity index is 790. The van der Waals surface area contributed by atoms with Crippen LogP contribution in [-0.4, -0.2) is 61.0 Å². The van der Waals surface area contributed by atoms with E-state index in [0.29, 0.717) is 22.9 Å². The molecule has 0 saturated carbocycles. The molecule has 1 aromatic heterocycles. The maximum atomic E-state index is 12.5. The summed E-state index contributed by atoms with van der Waals surface area (Å²) in [5, 5.41) is 5.98. The van der Waals surface area contributed by atoms with Crippen molar-refractivity contribution >= 4 is 23.4 Å². The van der Waals surface area contributed by atoms with E-state index in [-0.39, 0.29) is 11.6 Å². The number of esters is 1. The van der Waals surface area contributed by atoms with Crippen molar-refractivity contribution in [3.63, 3.8) is 0 Å². The summed E-state index contributed by atoms with van der Waals surface area (Å²) in [5.74, 6) is 0.359. The summed E-state index contributed by atoms with van der Waals surface area (Å²) in [7, 11) is 5.37. The van der Waals surface area contributed by atoms with E-state index in [1.165, 1.54) is 7.11 Å². The third-order valence-corrected chi connectivity index (χ3v) is 3.72. The monoisotopic (exact) mass is 371 g/mol. The highest BCUT2D eigenvalue weighted by Gasteiger charge is 2.12. The van der Waals surface area contributed by atoms with Crippen molar-refractivity contribution in [3.8, 4) is 0 Å². The van der Waals surface area contributed by atoms with Gasteiger partial charge < -0.3 is 20.3 Å². The van der Waals surface area contributed by atoms with Crippen molar-refractivity contribution in [2.45, 2.75) is 13.3 Å². The highest BCUT2D eigenvalue weighted by molar-refractivity contribution is 6.03. The molecule has 27 heavy (non-hydrogen) atoms. The van der Waals surface area contributed by atoms with Gasteiger partial charge in [-0.05, 0) is 58.3 Å². The fraction of sp³-hybridized carbons (Fsp3) is 0.368. The van der Waals surface area contributed by atoms with Crippen LogP contribution in [0.4, 0.5) is 11.5 Å². The number of ether oxygens (including phenoxy) is 1. The Kier molecular flexibility index (Phi) is 7.25. The van der Waals surface area contributed by atoms with Gasteiger partial charge in [0.05, 0.1) is 12.7 Å². The number of methoxy groups -OCH3 is 1. The van der Waals surface area contributed by atoms with Gasteiger partial charge in [0.25, 0.3) is 5.91 Å². The van der Waals surface area contributed by atoms with Crippen molar-refractivity contribution in [2.24, 2.45) is 0 Å². The van der Waals surface area contributed by atoms with Crippen molar-refractivity contribution in [1.29, 1.82) is 0 Å². The van der Waals surface area contributed by atoms with Crippen LogP contribution in [0.1, 0.15) is 33.1 Å². The Balaban J connectivity index is 2.02. The molecule has 0 bridgehead atoms. The highest BCUT2D eigenvalue weighted by Crippen LogP contribution is 2.13. The van der Waals surface area contributed by atoms with Crippen molar-refractivity contribution in [1.82, 2.24) is 14.9 Å². The van der Waals surface area contributed by atoms with Crippen LogP contribution in [0.25, 0.3) is 0 Å². The Morgan fingerprint density at radius 2 is 1.85 bits per heavy atom. The molecule has 0 atom stereocenters. The molecule has 0 fully saturated rings. The Morgan fingerprint density at radius 3 is 2.48 bits per heavy atom. The largest absolute Gasteiger partial charge is 0.465 e. The summed E-state index contributed by atoms with van der Waals surface area (Å²) < 4.78 is 4.65. The predicted octanol–water partition coefficient (Wildman–Crippen LogP) is 2.19. The van der Waals surface area contributed by atoms with Gasteiger partial charge in [-0.1, -0.05) is 0 Å².